The summed E-state index contributed by atoms with van der Waals surface area (Å²) in [5.41, 5.74) is 0.446. The van der Waals surface area contributed by atoms with E-state index in [2.05, 4.69) is 10.3 Å². The summed E-state index contributed by atoms with van der Waals surface area (Å²) in [4.78, 5) is 30.2. The van der Waals surface area contributed by atoms with Gasteiger partial charge in [-0.2, -0.15) is 0 Å². The van der Waals surface area contributed by atoms with Gasteiger partial charge < -0.3 is 10.2 Å². The molecule has 1 saturated heterocycles. The van der Waals surface area contributed by atoms with E-state index in [4.69, 9.17) is 0 Å². The number of anilines is 1. The lowest BCUT2D eigenvalue weighted by atomic mass is 10.1. The van der Waals surface area contributed by atoms with Crippen LogP contribution in [0.2, 0.25) is 0 Å². The van der Waals surface area contributed by atoms with Gasteiger partial charge in [0.1, 0.15) is 5.69 Å². The second-order valence-corrected chi connectivity index (χ2v) is 6.75. The average molecular weight is 309 g/mol. The van der Waals surface area contributed by atoms with Crippen molar-refractivity contribution >= 4 is 28.3 Å². The molecule has 2 amide bonds. The van der Waals surface area contributed by atoms with Crippen LogP contribution in [0.4, 0.5) is 5.13 Å². The van der Waals surface area contributed by atoms with Gasteiger partial charge in [-0.1, -0.05) is 26.7 Å². The number of nitrogens with one attached hydrogen (secondary N) is 1. The Hall–Kier alpha value is -1.43. The van der Waals surface area contributed by atoms with Gasteiger partial charge in [0.05, 0.1) is 0 Å². The molecular weight excluding hydrogens is 286 g/mol. The van der Waals surface area contributed by atoms with Crippen LogP contribution >= 0.6 is 11.3 Å². The average Bonchev–Trinajstić information content (AvgIpc) is 2.71. The molecule has 1 fully saturated rings. The minimum Gasteiger partial charge on any atom is -0.337 e. The van der Waals surface area contributed by atoms with Gasteiger partial charge in [0.15, 0.2) is 5.13 Å². The van der Waals surface area contributed by atoms with E-state index >= 15 is 0 Å². The van der Waals surface area contributed by atoms with Gasteiger partial charge in [0, 0.05) is 24.9 Å². The first-order valence-electron chi connectivity index (χ1n) is 7.61. The Morgan fingerprint density at radius 2 is 1.95 bits per heavy atom. The number of nitrogens with zero attached hydrogens (tertiary/aromatic N) is 2. The quantitative estimate of drug-likeness (QED) is 0.929. The molecule has 2 heterocycles. The van der Waals surface area contributed by atoms with E-state index < -0.39 is 0 Å². The van der Waals surface area contributed by atoms with E-state index in [1.807, 2.05) is 18.7 Å². The van der Waals surface area contributed by atoms with Gasteiger partial charge in [-0.25, -0.2) is 4.98 Å². The highest BCUT2D eigenvalue weighted by atomic mass is 32.1. The predicted molar refractivity (Wildman–Crippen MR) is 84.6 cm³/mol. The monoisotopic (exact) mass is 309 g/mol. The zero-order chi connectivity index (χ0) is 15.2. The van der Waals surface area contributed by atoms with Crippen LogP contribution < -0.4 is 5.32 Å². The van der Waals surface area contributed by atoms with E-state index in [1.165, 1.54) is 24.2 Å². The number of carbonyl (C=O) groups excluding carboxylic acids is 2. The molecule has 1 aliphatic heterocycles. The number of carbonyl (C=O) groups is 2. The second-order valence-electron chi connectivity index (χ2n) is 5.89. The van der Waals surface area contributed by atoms with Gasteiger partial charge in [-0.05, 0) is 18.8 Å². The molecule has 2 rings (SSSR count). The minimum absolute atomic E-state index is 0.0162. The van der Waals surface area contributed by atoms with Crippen LogP contribution in [-0.4, -0.2) is 34.8 Å². The third kappa shape index (κ3) is 4.81. The van der Waals surface area contributed by atoms with Crippen LogP contribution in [0.25, 0.3) is 0 Å². The van der Waals surface area contributed by atoms with Crippen molar-refractivity contribution in [3.05, 3.63) is 11.1 Å². The van der Waals surface area contributed by atoms with E-state index in [0.29, 0.717) is 23.2 Å². The van der Waals surface area contributed by atoms with Crippen molar-refractivity contribution in [3.63, 3.8) is 0 Å². The number of rotatable bonds is 4. The highest BCUT2D eigenvalue weighted by Crippen LogP contribution is 2.19. The molecule has 5 nitrogen and oxygen atoms in total. The third-order valence-electron chi connectivity index (χ3n) is 3.46. The van der Waals surface area contributed by atoms with E-state index in [-0.39, 0.29) is 11.8 Å². The van der Waals surface area contributed by atoms with Crippen molar-refractivity contribution in [3.8, 4) is 0 Å². The van der Waals surface area contributed by atoms with E-state index in [0.717, 1.165) is 25.9 Å². The fourth-order valence-corrected chi connectivity index (χ4v) is 3.11. The lowest BCUT2D eigenvalue weighted by molar-refractivity contribution is -0.116. The highest BCUT2D eigenvalue weighted by molar-refractivity contribution is 7.14. The number of amides is 2. The van der Waals surface area contributed by atoms with Crippen LogP contribution in [0.1, 0.15) is 56.4 Å². The number of likely N-dealkylation sites (tertiary alicyclic amines) is 1. The predicted octanol–water partition coefficient (Wildman–Crippen LogP) is 3.14. The molecule has 0 aromatic carbocycles. The number of aromatic nitrogens is 1. The molecule has 0 unspecified atom stereocenters. The van der Waals surface area contributed by atoms with Crippen LogP contribution in [0.5, 0.6) is 0 Å². The molecule has 0 radical (unpaired) electrons. The Morgan fingerprint density at radius 3 is 2.57 bits per heavy atom. The van der Waals surface area contributed by atoms with Crippen LogP contribution in [-0.2, 0) is 4.79 Å². The fourth-order valence-electron chi connectivity index (χ4n) is 2.41. The molecule has 0 spiro atoms. The summed E-state index contributed by atoms with van der Waals surface area (Å²) in [5.74, 6) is 0.244. The zero-order valence-corrected chi connectivity index (χ0v) is 13.5. The molecule has 1 aliphatic rings. The van der Waals surface area contributed by atoms with Crippen LogP contribution in [0.15, 0.2) is 5.38 Å². The maximum atomic E-state index is 12.4. The first kappa shape index (κ1) is 15.9. The van der Waals surface area contributed by atoms with Crippen molar-refractivity contribution in [1.29, 1.82) is 0 Å². The molecule has 0 aliphatic carbocycles. The third-order valence-corrected chi connectivity index (χ3v) is 4.21. The van der Waals surface area contributed by atoms with Gasteiger partial charge in [0.25, 0.3) is 5.91 Å². The van der Waals surface area contributed by atoms with Crippen molar-refractivity contribution in [2.45, 2.75) is 46.0 Å². The van der Waals surface area contributed by atoms with Crippen LogP contribution in [0.3, 0.4) is 0 Å². The van der Waals surface area contributed by atoms with Crippen molar-refractivity contribution in [1.82, 2.24) is 9.88 Å². The lowest BCUT2D eigenvalue weighted by Crippen LogP contribution is -2.32. The van der Waals surface area contributed by atoms with Gasteiger partial charge in [-0.15, -0.1) is 11.3 Å². The first-order chi connectivity index (χ1) is 10.1. The smallest absolute Gasteiger partial charge is 0.273 e. The largest absolute Gasteiger partial charge is 0.337 e. The SMILES string of the molecule is CC(C)CC(=O)Nc1nc(C(=O)N2CCCCCC2)cs1. The molecule has 116 valence electrons. The molecule has 0 atom stereocenters. The summed E-state index contributed by atoms with van der Waals surface area (Å²) in [6.07, 6.45) is 4.98. The topological polar surface area (TPSA) is 62.3 Å². The molecule has 0 bridgehead atoms. The zero-order valence-electron chi connectivity index (χ0n) is 12.7. The molecule has 1 N–H and O–H groups in total. The first-order valence-corrected chi connectivity index (χ1v) is 8.49. The molecule has 0 saturated carbocycles. The van der Waals surface area contributed by atoms with Crippen LogP contribution in [0, 0.1) is 5.92 Å². The summed E-state index contributed by atoms with van der Waals surface area (Å²) < 4.78 is 0. The van der Waals surface area contributed by atoms with Gasteiger partial charge in [0.2, 0.25) is 5.91 Å². The summed E-state index contributed by atoms with van der Waals surface area (Å²) in [6.45, 7) is 5.61. The highest BCUT2D eigenvalue weighted by Gasteiger charge is 2.20. The summed E-state index contributed by atoms with van der Waals surface area (Å²) >= 11 is 1.31. The molecule has 1 aromatic rings. The molecular formula is C15H23N3O2S. The number of hydrogen-bond donors (Lipinski definition) is 1. The second kappa shape index (κ2) is 7.54. The summed E-state index contributed by atoms with van der Waals surface area (Å²) in [7, 11) is 0. The Labute approximate surface area is 129 Å². The lowest BCUT2D eigenvalue weighted by Gasteiger charge is -2.18. The fraction of sp³-hybridized carbons (Fsp3) is 0.667. The van der Waals surface area contributed by atoms with Crippen molar-refractivity contribution in [2.24, 2.45) is 5.92 Å². The summed E-state index contributed by atoms with van der Waals surface area (Å²) in [5, 5.41) is 5.01. The Kier molecular flexibility index (Phi) is 5.73. The number of thiazole rings is 1. The maximum Gasteiger partial charge on any atom is 0.273 e. The molecule has 21 heavy (non-hydrogen) atoms. The van der Waals surface area contributed by atoms with Gasteiger partial charge in [-0.3, -0.25) is 9.59 Å². The summed E-state index contributed by atoms with van der Waals surface area (Å²) in [6, 6.07) is 0. The van der Waals surface area contributed by atoms with E-state index in [9.17, 15) is 9.59 Å². The molecule has 1 aromatic heterocycles. The van der Waals surface area contributed by atoms with Gasteiger partial charge >= 0.3 is 0 Å². The molecule has 6 heteroatoms. The Balaban J connectivity index is 1.95. The van der Waals surface area contributed by atoms with Crippen molar-refractivity contribution < 1.29 is 9.59 Å². The normalized spacial score (nSPS) is 15.9. The maximum absolute atomic E-state index is 12.4. The number of hydrogen-bond acceptors (Lipinski definition) is 4. The van der Waals surface area contributed by atoms with E-state index in [1.54, 1.807) is 5.38 Å². The minimum atomic E-state index is -0.0480. The Bertz CT molecular complexity index is 491. The standard InChI is InChI=1S/C15H23N3O2S/c1-11(2)9-13(19)17-15-16-12(10-21-15)14(20)18-7-5-3-4-6-8-18/h10-11H,3-9H2,1-2H3,(H,16,17,19). The Morgan fingerprint density at radius 1 is 1.29 bits per heavy atom. The van der Waals surface area contributed by atoms with Crippen molar-refractivity contribution in [2.75, 3.05) is 18.4 Å².